The lowest BCUT2D eigenvalue weighted by molar-refractivity contribution is -0.226. The summed E-state index contributed by atoms with van der Waals surface area (Å²) in [6.45, 7) is 5.90. The molecule has 2 atom stereocenters. The molecule has 110 valence electrons. The molecule has 1 aromatic rings. The molecule has 0 bridgehead atoms. The van der Waals surface area contributed by atoms with Crippen LogP contribution in [-0.2, 0) is 15.1 Å². The molecule has 0 aromatic heterocycles. The number of nitrogens with zero attached hydrogens (tertiary/aromatic N) is 1. The van der Waals surface area contributed by atoms with Gasteiger partial charge in [-0.15, -0.1) is 11.6 Å². The predicted molar refractivity (Wildman–Crippen MR) is 79.4 cm³/mol. The van der Waals surface area contributed by atoms with Crippen molar-refractivity contribution in [3.8, 4) is 0 Å². The molecule has 2 unspecified atom stereocenters. The minimum Gasteiger partial charge on any atom is -0.475 e. The number of ether oxygens (including phenoxy) is 1. The van der Waals surface area contributed by atoms with Crippen LogP contribution in [0.25, 0.3) is 0 Å². The van der Waals surface area contributed by atoms with Gasteiger partial charge < -0.3 is 4.74 Å². The largest absolute Gasteiger partial charge is 0.475 e. The molecule has 0 saturated carbocycles. The van der Waals surface area contributed by atoms with Gasteiger partial charge in [0.25, 0.3) is 0 Å². The van der Waals surface area contributed by atoms with Gasteiger partial charge in [-0.3, -0.25) is 9.63 Å². The summed E-state index contributed by atoms with van der Waals surface area (Å²) in [7, 11) is 1.64. The van der Waals surface area contributed by atoms with E-state index in [1.54, 1.807) is 13.2 Å². The fraction of sp³-hybridized carbons (Fsp3) is 0.353. The highest BCUT2D eigenvalue weighted by atomic mass is 16.7. The minimum atomic E-state index is -0.596. The lowest BCUT2D eigenvalue weighted by atomic mass is 9.77. The molecule has 3 rings (SSSR count). The fourth-order valence-electron chi connectivity index (χ4n) is 3.34. The van der Waals surface area contributed by atoms with Crippen molar-refractivity contribution in [3.05, 3.63) is 59.9 Å². The van der Waals surface area contributed by atoms with Gasteiger partial charge in [0, 0.05) is 11.6 Å². The second kappa shape index (κ2) is 5.13. The first-order valence-electron chi connectivity index (χ1n) is 7.16. The summed E-state index contributed by atoms with van der Waals surface area (Å²) in [6.07, 6.45) is 4.61. The first-order chi connectivity index (χ1) is 10.2. The molecule has 0 amide bonds. The van der Waals surface area contributed by atoms with Gasteiger partial charge >= 0.3 is 0 Å². The lowest BCUT2D eigenvalue weighted by Crippen LogP contribution is -2.46. The number of rotatable bonds is 4. The zero-order chi connectivity index (χ0) is 15.0. The highest BCUT2D eigenvalue weighted by molar-refractivity contribution is 6.08. The summed E-state index contributed by atoms with van der Waals surface area (Å²) in [5.41, 5.74) is 1.03. The Labute approximate surface area is 124 Å². The quantitative estimate of drug-likeness (QED) is 0.797. The Morgan fingerprint density at radius 1 is 1.48 bits per heavy atom. The standard InChI is InChI=1S/C17H19NO3/c1-4-10-17-13-9-7-6-8-12(13)14(19)11-15(17)21-16(5-2)18(17)20-3/h4,6-9,11,16H,1,5,10H2,2-3H3. The molecule has 21 heavy (non-hydrogen) atoms. The number of hydrogen-bond donors (Lipinski definition) is 0. The summed E-state index contributed by atoms with van der Waals surface area (Å²) >= 11 is 0. The monoisotopic (exact) mass is 285 g/mol. The topological polar surface area (TPSA) is 38.8 Å². The van der Waals surface area contributed by atoms with Crippen LogP contribution < -0.4 is 0 Å². The normalized spacial score (nSPS) is 27.6. The molecular weight excluding hydrogens is 266 g/mol. The van der Waals surface area contributed by atoms with E-state index >= 15 is 0 Å². The molecule has 1 aromatic carbocycles. The van der Waals surface area contributed by atoms with Gasteiger partial charge in [0.2, 0.25) is 0 Å². The van der Waals surface area contributed by atoms with Crippen molar-refractivity contribution < 1.29 is 14.4 Å². The Balaban J connectivity index is 2.26. The van der Waals surface area contributed by atoms with Crippen molar-refractivity contribution in [1.29, 1.82) is 0 Å². The van der Waals surface area contributed by atoms with Crippen LogP contribution in [0.4, 0.5) is 0 Å². The van der Waals surface area contributed by atoms with Crippen molar-refractivity contribution >= 4 is 5.78 Å². The number of ketones is 1. The van der Waals surface area contributed by atoms with Crippen molar-refractivity contribution in [3.63, 3.8) is 0 Å². The van der Waals surface area contributed by atoms with Crippen LogP contribution in [0.3, 0.4) is 0 Å². The molecule has 4 heteroatoms. The van der Waals surface area contributed by atoms with Crippen molar-refractivity contribution in [1.82, 2.24) is 5.06 Å². The average Bonchev–Trinajstić information content (AvgIpc) is 2.82. The van der Waals surface area contributed by atoms with Gasteiger partial charge in [-0.25, -0.2) is 0 Å². The molecule has 0 spiro atoms. The smallest absolute Gasteiger partial charge is 0.189 e. The fourth-order valence-corrected chi connectivity index (χ4v) is 3.34. The van der Waals surface area contributed by atoms with Crippen LogP contribution in [0, 0.1) is 0 Å². The van der Waals surface area contributed by atoms with Crippen LogP contribution in [0.2, 0.25) is 0 Å². The molecule has 1 aliphatic carbocycles. The molecule has 1 aliphatic heterocycles. The van der Waals surface area contributed by atoms with E-state index in [9.17, 15) is 4.79 Å². The molecule has 2 aliphatic rings. The van der Waals surface area contributed by atoms with Crippen LogP contribution in [0.5, 0.6) is 0 Å². The van der Waals surface area contributed by atoms with Crippen LogP contribution in [-0.4, -0.2) is 24.2 Å². The number of benzene rings is 1. The third-order valence-electron chi connectivity index (χ3n) is 4.19. The highest BCUT2D eigenvalue weighted by Gasteiger charge is 2.56. The molecule has 1 heterocycles. The van der Waals surface area contributed by atoms with Gasteiger partial charge in [-0.2, -0.15) is 0 Å². The zero-order valence-corrected chi connectivity index (χ0v) is 12.3. The number of hydroxylamine groups is 2. The van der Waals surface area contributed by atoms with Crippen LogP contribution in [0.15, 0.2) is 48.8 Å². The molecule has 1 fully saturated rings. The summed E-state index contributed by atoms with van der Waals surface area (Å²) < 4.78 is 5.99. The summed E-state index contributed by atoms with van der Waals surface area (Å²) in [5, 5.41) is 1.85. The minimum absolute atomic E-state index is 0.0203. The van der Waals surface area contributed by atoms with E-state index in [0.717, 1.165) is 12.0 Å². The Hall–Kier alpha value is -1.91. The van der Waals surface area contributed by atoms with Crippen LogP contribution in [0.1, 0.15) is 35.7 Å². The summed E-state index contributed by atoms with van der Waals surface area (Å²) in [6, 6.07) is 7.63. The van der Waals surface area contributed by atoms with Gasteiger partial charge in [-0.1, -0.05) is 37.3 Å². The molecule has 0 radical (unpaired) electrons. The van der Waals surface area contributed by atoms with Gasteiger partial charge in [0.05, 0.1) is 7.11 Å². The van der Waals surface area contributed by atoms with E-state index in [1.165, 1.54) is 0 Å². The van der Waals surface area contributed by atoms with E-state index in [4.69, 9.17) is 9.57 Å². The Kier molecular flexibility index (Phi) is 3.43. The number of carbonyl (C=O) groups excluding carboxylic acids is 1. The van der Waals surface area contributed by atoms with E-state index in [2.05, 4.69) is 6.58 Å². The van der Waals surface area contributed by atoms with Gasteiger partial charge in [0.1, 0.15) is 11.3 Å². The van der Waals surface area contributed by atoms with E-state index in [0.29, 0.717) is 17.7 Å². The number of allylic oxidation sites excluding steroid dienone is 1. The Bertz CT molecular complexity index is 622. The second-order valence-electron chi connectivity index (χ2n) is 5.26. The Morgan fingerprint density at radius 2 is 2.24 bits per heavy atom. The van der Waals surface area contributed by atoms with E-state index in [-0.39, 0.29) is 12.0 Å². The SMILES string of the molecule is C=CCC12C(=CC(=O)c3ccccc31)OC(CC)N2OC. The van der Waals surface area contributed by atoms with E-state index < -0.39 is 5.54 Å². The molecular formula is C17H19NO3. The third kappa shape index (κ3) is 1.79. The molecule has 4 nitrogen and oxygen atoms in total. The van der Waals surface area contributed by atoms with E-state index in [1.807, 2.05) is 42.3 Å². The average molecular weight is 285 g/mol. The van der Waals surface area contributed by atoms with Gasteiger partial charge in [0.15, 0.2) is 12.0 Å². The maximum Gasteiger partial charge on any atom is 0.189 e. The van der Waals surface area contributed by atoms with Crippen molar-refractivity contribution in [2.24, 2.45) is 0 Å². The maximum absolute atomic E-state index is 12.3. The zero-order valence-electron chi connectivity index (χ0n) is 12.3. The first-order valence-corrected chi connectivity index (χ1v) is 7.16. The first kappa shape index (κ1) is 14.0. The van der Waals surface area contributed by atoms with Gasteiger partial charge in [-0.05, 0) is 18.4 Å². The highest BCUT2D eigenvalue weighted by Crippen LogP contribution is 2.51. The van der Waals surface area contributed by atoms with Crippen molar-refractivity contribution in [2.45, 2.75) is 31.5 Å². The van der Waals surface area contributed by atoms with Crippen molar-refractivity contribution in [2.75, 3.05) is 7.11 Å². The summed E-state index contributed by atoms with van der Waals surface area (Å²) in [5.74, 6) is 0.632. The second-order valence-corrected chi connectivity index (χ2v) is 5.26. The number of hydrogen-bond acceptors (Lipinski definition) is 4. The van der Waals surface area contributed by atoms with Crippen LogP contribution >= 0.6 is 0 Å². The molecule has 1 saturated heterocycles. The lowest BCUT2D eigenvalue weighted by Gasteiger charge is -2.38. The number of fused-ring (bicyclic) bond motifs is 3. The summed E-state index contributed by atoms with van der Waals surface area (Å²) in [4.78, 5) is 18.0. The number of carbonyl (C=O) groups is 1. The molecule has 0 N–H and O–H groups in total. The predicted octanol–water partition coefficient (Wildman–Crippen LogP) is 3.17. The third-order valence-corrected chi connectivity index (χ3v) is 4.19. The Morgan fingerprint density at radius 3 is 2.90 bits per heavy atom. The maximum atomic E-state index is 12.3.